The maximum Gasteiger partial charge on any atom is 0.321 e. The van der Waals surface area contributed by atoms with E-state index < -0.39 is 6.10 Å². The molecular formula is C16H23ClN4O3. The number of carbonyl (C=O) groups is 2. The van der Waals surface area contributed by atoms with E-state index in [1.165, 1.54) is 0 Å². The van der Waals surface area contributed by atoms with Crippen LogP contribution in [0.25, 0.3) is 0 Å². The van der Waals surface area contributed by atoms with Crippen molar-refractivity contribution in [2.45, 2.75) is 19.4 Å². The van der Waals surface area contributed by atoms with Crippen molar-refractivity contribution in [2.75, 3.05) is 43.0 Å². The Kier molecular flexibility index (Phi) is 6.42. The molecule has 2 aliphatic heterocycles. The average molecular weight is 355 g/mol. The molecule has 7 nitrogen and oxygen atoms in total. The Hall–Kier alpha value is -1.83. The number of morpholine rings is 1. The van der Waals surface area contributed by atoms with Crippen molar-refractivity contribution in [3.63, 3.8) is 0 Å². The zero-order valence-corrected chi connectivity index (χ0v) is 14.4. The maximum atomic E-state index is 12.2. The van der Waals surface area contributed by atoms with Crippen LogP contribution in [0, 0.1) is 0 Å². The van der Waals surface area contributed by atoms with E-state index in [9.17, 15) is 9.59 Å². The highest BCUT2D eigenvalue weighted by Crippen LogP contribution is 2.31. The lowest BCUT2D eigenvalue weighted by molar-refractivity contribution is -0.128. The first-order valence-electron chi connectivity index (χ1n) is 8.00. The van der Waals surface area contributed by atoms with Crippen molar-refractivity contribution >= 4 is 35.7 Å². The first kappa shape index (κ1) is 18.5. The van der Waals surface area contributed by atoms with Crippen molar-refractivity contribution in [1.29, 1.82) is 0 Å². The molecule has 3 amide bonds. The molecule has 8 heteroatoms. The first-order chi connectivity index (χ1) is 11.2. The van der Waals surface area contributed by atoms with E-state index in [2.05, 4.69) is 16.0 Å². The summed E-state index contributed by atoms with van der Waals surface area (Å²) in [6.07, 6.45) is 0.354. The molecule has 0 bridgehead atoms. The Morgan fingerprint density at radius 3 is 2.96 bits per heavy atom. The van der Waals surface area contributed by atoms with Gasteiger partial charge >= 0.3 is 6.03 Å². The Morgan fingerprint density at radius 1 is 1.42 bits per heavy atom. The van der Waals surface area contributed by atoms with Crippen LogP contribution in [0.1, 0.15) is 12.5 Å². The Balaban J connectivity index is 0.00000208. The molecule has 2 heterocycles. The normalized spacial score (nSPS) is 19.2. The van der Waals surface area contributed by atoms with Gasteiger partial charge in [-0.05, 0) is 31.0 Å². The molecule has 1 aromatic rings. The lowest BCUT2D eigenvalue weighted by Crippen LogP contribution is -2.45. The van der Waals surface area contributed by atoms with Crippen LogP contribution in [0.5, 0.6) is 0 Å². The summed E-state index contributed by atoms with van der Waals surface area (Å²) in [5.74, 6) is -0.167. The van der Waals surface area contributed by atoms with Crippen LogP contribution in [0.4, 0.5) is 16.2 Å². The van der Waals surface area contributed by atoms with E-state index in [0.717, 1.165) is 24.2 Å². The number of halogens is 1. The second kappa shape index (κ2) is 8.32. The van der Waals surface area contributed by atoms with Crippen LogP contribution in [0.3, 0.4) is 0 Å². The molecule has 0 aliphatic carbocycles. The van der Waals surface area contributed by atoms with Crippen LogP contribution in [-0.4, -0.2) is 50.8 Å². The molecule has 1 atom stereocenters. The number of hydrogen-bond acceptors (Lipinski definition) is 4. The second-order valence-electron chi connectivity index (χ2n) is 5.63. The molecule has 24 heavy (non-hydrogen) atoms. The summed E-state index contributed by atoms with van der Waals surface area (Å²) in [7, 11) is 0. The molecule has 0 radical (unpaired) electrons. The maximum absolute atomic E-state index is 12.2. The van der Waals surface area contributed by atoms with Crippen molar-refractivity contribution < 1.29 is 14.3 Å². The van der Waals surface area contributed by atoms with E-state index in [-0.39, 0.29) is 24.3 Å². The number of fused-ring (bicyclic) bond motifs is 1. The monoisotopic (exact) mass is 354 g/mol. The van der Waals surface area contributed by atoms with Gasteiger partial charge in [-0.1, -0.05) is 6.07 Å². The SMILES string of the molecule is CCNC(=O)N1CCc2ccc(NC(=O)C3CNCCO3)cc21.Cl. The second-order valence-corrected chi connectivity index (χ2v) is 5.63. The number of carbonyl (C=O) groups excluding carboxylic acids is 2. The minimum atomic E-state index is -0.475. The van der Waals surface area contributed by atoms with Gasteiger partial charge in [-0.3, -0.25) is 9.69 Å². The third-order valence-corrected chi connectivity index (χ3v) is 4.04. The largest absolute Gasteiger partial charge is 0.366 e. The average Bonchev–Trinajstić information content (AvgIpc) is 2.99. The summed E-state index contributed by atoms with van der Waals surface area (Å²) in [6.45, 7) is 4.96. The highest BCUT2D eigenvalue weighted by molar-refractivity contribution is 5.98. The molecule has 1 unspecified atom stereocenters. The number of benzene rings is 1. The van der Waals surface area contributed by atoms with Gasteiger partial charge in [0, 0.05) is 31.9 Å². The molecule has 0 aromatic heterocycles. The minimum Gasteiger partial charge on any atom is -0.366 e. The van der Waals surface area contributed by atoms with Crippen molar-refractivity contribution in [3.05, 3.63) is 23.8 Å². The molecule has 3 N–H and O–H groups in total. The van der Waals surface area contributed by atoms with Gasteiger partial charge in [-0.2, -0.15) is 0 Å². The van der Waals surface area contributed by atoms with Gasteiger partial charge in [0.2, 0.25) is 0 Å². The number of anilines is 2. The summed E-state index contributed by atoms with van der Waals surface area (Å²) < 4.78 is 5.45. The number of urea groups is 1. The molecule has 2 aliphatic rings. The third-order valence-electron chi connectivity index (χ3n) is 4.04. The number of hydrogen-bond donors (Lipinski definition) is 3. The third kappa shape index (κ3) is 3.98. The van der Waals surface area contributed by atoms with E-state index in [1.54, 1.807) is 4.90 Å². The minimum absolute atomic E-state index is 0. The summed E-state index contributed by atoms with van der Waals surface area (Å²) in [5.41, 5.74) is 2.65. The van der Waals surface area contributed by atoms with Gasteiger partial charge in [0.15, 0.2) is 0 Å². The van der Waals surface area contributed by atoms with Crippen molar-refractivity contribution in [3.8, 4) is 0 Å². The highest BCUT2D eigenvalue weighted by atomic mass is 35.5. The summed E-state index contributed by atoms with van der Waals surface area (Å²) >= 11 is 0. The summed E-state index contributed by atoms with van der Waals surface area (Å²) in [6, 6.07) is 5.58. The van der Waals surface area contributed by atoms with E-state index in [1.807, 2.05) is 25.1 Å². The van der Waals surface area contributed by atoms with E-state index in [0.29, 0.717) is 31.9 Å². The van der Waals surface area contributed by atoms with Gasteiger partial charge in [-0.25, -0.2) is 4.79 Å². The lowest BCUT2D eigenvalue weighted by Gasteiger charge is -2.23. The first-order valence-corrected chi connectivity index (χ1v) is 8.00. The lowest BCUT2D eigenvalue weighted by atomic mass is 10.1. The number of rotatable bonds is 3. The van der Waals surface area contributed by atoms with E-state index in [4.69, 9.17) is 4.74 Å². The molecule has 132 valence electrons. The van der Waals surface area contributed by atoms with Crippen LogP contribution in [0.15, 0.2) is 18.2 Å². The molecular weight excluding hydrogens is 332 g/mol. The van der Waals surface area contributed by atoms with E-state index >= 15 is 0 Å². The van der Waals surface area contributed by atoms with Crippen LogP contribution in [0.2, 0.25) is 0 Å². The number of ether oxygens (including phenoxy) is 1. The standard InChI is InChI=1S/C16H22N4O3.ClH/c1-2-18-16(22)20-7-5-11-3-4-12(9-13(11)20)19-15(21)14-10-17-6-8-23-14;/h3-4,9,14,17H,2,5-8,10H2,1H3,(H,18,22)(H,19,21);1H. The zero-order chi connectivity index (χ0) is 16.2. The topological polar surface area (TPSA) is 82.7 Å². The van der Waals surface area contributed by atoms with Crippen LogP contribution >= 0.6 is 12.4 Å². The molecule has 1 saturated heterocycles. The van der Waals surface area contributed by atoms with Gasteiger partial charge in [-0.15, -0.1) is 12.4 Å². The number of amides is 3. The van der Waals surface area contributed by atoms with Gasteiger partial charge in [0.05, 0.1) is 12.3 Å². The predicted octanol–water partition coefficient (Wildman–Crippen LogP) is 1.13. The highest BCUT2D eigenvalue weighted by Gasteiger charge is 2.26. The van der Waals surface area contributed by atoms with Crippen molar-refractivity contribution in [2.24, 2.45) is 0 Å². The van der Waals surface area contributed by atoms with Crippen molar-refractivity contribution in [1.82, 2.24) is 10.6 Å². The summed E-state index contributed by atoms with van der Waals surface area (Å²) in [5, 5.41) is 8.81. The Labute approximate surface area is 147 Å². The quantitative estimate of drug-likeness (QED) is 0.760. The fourth-order valence-electron chi connectivity index (χ4n) is 2.87. The van der Waals surface area contributed by atoms with Gasteiger partial charge in [0.1, 0.15) is 6.10 Å². The molecule has 1 fully saturated rings. The van der Waals surface area contributed by atoms with Gasteiger partial charge < -0.3 is 20.7 Å². The zero-order valence-electron chi connectivity index (χ0n) is 13.6. The predicted molar refractivity (Wildman–Crippen MR) is 95.1 cm³/mol. The molecule has 0 saturated carbocycles. The number of nitrogens with one attached hydrogen (secondary N) is 3. The van der Waals surface area contributed by atoms with Crippen LogP contribution < -0.4 is 20.9 Å². The molecule has 0 spiro atoms. The van der Waals surface area contributed by atoms with Gasteiger partial charge in [0.25, 0.3) is 5.91 Å². The fourth-order valence-corrected chi connectivity index (χ4v) is 2.87. The smallest absolute Gasteiger partial charge is 0.321 e. The summed E-state index contributed by atoms with van der Waals surface area (Å²) in [4.78, 5) is 26.0. The van der Waals surface area contributed by atoms with Crippen LogP contribution in [-0.2, 0) is 16.0 Å². The fraction of sp³-hybridized carbons (Fsp3) is 0.500. The molecule has 3 rings (SSSR count). The Bertz CT molecular complexity index is 605. The number of nitrogens with zero attached hydrogens (tertiary/aromatic N) is 1. The molecule has 1 aromatic carbocycles. The Morgan fingerprint density at radius 2 is 2.25 bits per heavy atom.